The zero-order valence-electron chi connectivity index (χ0n) is 16.2. The van der Waals surface area contributed by atoms with Crippen LogP contribution in [0.5, 0.6) is 0 Å². The second-order valence-corrected chi connectivity index (χ2v) is 12.2. The van der Waals surface area contributed by atoms with Crippen molar-refractivity contribution in [3.63, 3.8) is 0 Å². The van der Waals surface area contributed by atoms with E-state index >= 15 is 0 Å². The van der Waals surface area contributed by atoms with E-state index in [2.05, 4.69) is 4.98 Å². The molecule has 0 radical (unpaired) electrons. The van der Waals surface area contributed by atoms with E-state index in [1.165, 1.54) is 4.31 Å². The summed E-state index contributed by atoms with van der Waals surface area (Å²) in [6.45, 7) is 2.44. The van der Waals surface area contributed by atoms with Gasteiger partial charge in [0.2, 0.25) is 10.0 Å². The largest absolute Gasteiger partial charge is 0.375 e. The molecule has 3 heterocycles. The van der Waals surface area contributed by atoms with Crippen LogP contribution in [-0.2, 0) is 31.2 Å². The Morgan fingerprint density at radius 2 is 1.90 bits per heavy atom. The van der Waals surface area contributed by atoms with E-state index in [4.69, 9.17) is 4.74 Å². The summed E-state index contributed by atoms with van der Waals surface area (Å²) in [5.41, 5.74) is 1.74. The molecule has 1 aromatic carbocycles. The molecule has 1 aromatic heterocycles. The summed E-state index contributed by atoms with van der Waals surface area (Å²) in [5.74, 6) is -0.149. The number of hydrogen-bond donors (Lipinski definition) is 0. The van der Waals surface area contributed by atoms with Gasteiger partial charge in [0.05, 0.1) is 29.6 Å². The highest BCUT2D eigenvalue weighted by atomic mass is 32.2. The highest BCUT2D eigenvalue weighted by molar-refractivity contribution is 7.93. The summed E-state index contributed by atoms with van der Waals surface area (Å²) in [7, 11) is -7.08. The Kier molecular flexibility index (Phi) is 5.27. The van der Waals surface area contributed by atoms with E-state index in [1.807, 2.05) is 25.1 Å². The first-order valence-electron chi connectivity index (χ1n) is 9.51. The Hall–Kier alpha value is -1.81. The van der Waals surface area contributed by atoms with Crippen LogP contribution in [0.1, 0.15) is 17.7 Å². The Bertz CT molecular complexity index is 1080. The first-order valence-corrected chi connectivity index (χ1v) is 12.6. The molecule has 29 heavy (non-hydrogen) atoms. The van der Waals surface area contributed by atoms with Crippen LogP contribution in [0.2, 0.25) is 0 Å². The molecule has 7 nitrogen and oxygen atoms in total. The summed E-state index contributed by atoms with van der Waals surface area (Å²) in [5, 5.41) is 0. The molecule has 1 unspecified atom stereocenters. The average Bonchev–Trinajstić information content (AvgIpc) is 2.92. The van der Waals surface area contributed by atoms with Crippen LogP contribution in [0.4, 0.5) is 0 Å². The van der Waals surface area contributed by atoms with Crippen molar-refractivity contribution < 1.29 is 21.6 Å². The predicted molar refractivity (Wildman–Crippen MR) is 108 cm³/mol. The van der Waals surface area contributed by atoms with Gasteiger partial charge in [0.1, 0.15) is 4.75 Å². The third-order valence-electron chi connectivity index (χ3n) is 5.94. The lowest BCUT2D eigenvalue weighted by Gasteiger charge is -2.48. The van der Waals surface area contributed by atoms with Crippen molar-refractivity contribution in [2.75, 3.05) is 25.4 Å². The van der Waals surface area contributed by atoms with Crippen molar-refractivity contribution in [1.29, 1.82) is 0 Å². The third-order valence-corrected chi connectivity index (χ3v) is 10.3. The molecule has 2 aromatic rings. The molecule has 1 spiro atoms. The lowest BCUT2D eigenvalue weighted by atomic mass is 9.85. The minimum absolute atomic E-state index is 0.0108. The smallest absolute Gasteiger partial charge is 0.243 e. The fourth-order valence-electron chi connectivity index (χ4n) is 4.08. The Labute approximate surface area is 171 Å². The van der Waals surface area contributed by atoms with Crippen molar-refractivity contribution >= 4 is 19.9 Å². The summed E-state index contributed by atoms with van der Waals surface area (Å²) < 4.78 is 57.3. The number of hydrogen-bond acceptors (Lipinski definition) is 6. The molecule has 0 N–H and O–H groups in total. The van der Waals surface area contributed by atoms with Gasteiger partial charge in [-0.05, 0) is 37.6 Å². The monoisotopic (exact) mass is 436 g/mol. The van der Waals surface area contributed by atoms with E-state index in [0.29, 0.717) is 13.0 Å². The molecule has 2 saturated heterocycles. The first kappa shape index (κ1) is 20.5. The summed E-state index contributed by atoms with van der Waals surface area (Å²) in [6.07, 6.45) is 2.17. The fourth-order valence-corrected chi connectivity index (χ4v) is 8.22. The van der Waals surface area contributed by atoms with Crippen LogP contribution in [0.25, 0.3) is 0 Å². The molecule has 0 saturated carbocycles. The van der Waals surface area contributed by atoms with Gasteiger partial charge < -0.3 is 4.74 Å². The van der Waals surface area contributed by atoms with Crippen LogP contribution in [0.15, 0.2) is 53.6 Å². The number of pyridine rings is 1. The normalized spacial score (nSPS) is 23.1. The topological polar surface area (TPSA) is 93.6 Å². The number of sulfonamides is 1. The summed E-state index contributed by atoms with van der Waals surface area (Å²) in [4.78, 5) is 4.39. The van der Waals surface area contributed by atoms with Gasteiger partial charge in [0, 0.05) is 25.2 Å². The van der Waals surface area contributed by atoms with Crippen LogP contribution in [0, 0.1) is 12.8 Å². The molecular formula is C20H24N2O5S2. The summed E-state index contributed by atoms with van der Waals surface area (Å²) >= 11 is 0. The van der Waals surface area contributed by atoms with E-state index in [0.717, 1.165) is 11.3 Å². The van der Waals surface area contributed by atoms with Crippen LogP contribution in [0.3, 0.4) is 0 Å². The molecule has 0 aliphatic carbocycles. The number of benzene rings is 1. The standard InChI is InChI=1S/C20H24N2O5S2/c1-16-5-7-19(8-6-16)29(25,26)22-14-20(15-22)17(9-11-28(20,23)24)12-27-13-18-4-2-3-10-21-18/h2-8,10,17H,9,11-15H2,1H3. The van der Waals surface area contributed by atoms with Gasteiger partial charge >= 0.3 is 0 Å². The van der Waals surface area contributed by atoms with Gasteiger partial charge in [-0.25, -0.2) is 16.8 Å². The fraction of sp³-hybridized carbons (Fsp3) is 0.450. The van der Waals surface area contributed by atoms with Crippen molar-refractivity contribution in [3.8, 4) is 0 Å². The van der Waals surface area contributed by atoms with Gasteiger partial charge in [-0.1, -0.05) is 23.8 Å². The van der Waals surface area contributed by atoms with E-state index in [9.17, 15) is 16.8 Å². The van der Waals surface area contributed by atoms with Gasteiger partial charge in [0.15, 0.2) is 9.84 Å². The number of ether oxygens (including phenoxy) is 1. The van der Waals surface area contributed by atoms with Gasteiger partial charge in [-0.3, -0.25) is 4.98 Å². The minimum Gasteiger partial charge on any atom is -0.375 e. The quantitative estimate of drug-likeness (QED) is 0.685. The zero-order chi connectivity index (χ0) is 20.7. The second kappa shape index (κ2) is 7.46. The molecule has 0 amide bonds. The molecule has 156 valence electrons. The molecule has 9 heteroatoms. The average molecular weight is 437 g/mol. The molecular weight excluding hydrogens is 412 g/mol. The molecule has 4 rings (SSSR count). The predicted octanol–water partition coefficient (Wildman–Crippen LogP) is 1.78. The van der Waals surface area contributed by atoms with Gasteiger partial charge in [0.25, 0.3) is 0 Å². The van der Waals surface area contributed by atoms with Crippen molar-refractivity contribution in [1.82, 2.24) is 9.29 Å². The van der Waals surface area contributed by atoms with Gasteiger partial charge in [-0.15, -0.1) is 0 Å². The molecule has 2 aliphatic heterocycles. The summed E-state index contributed by atoms with van der Waals surface area (Å²) in [6, 6.07) is 12.1. The van der Waals surface area contributed by atoms with Crippen LogP contribution in [-0.4, -0.2) is 56.3 Å². The molecule has 1 atom stereocenters. The van der Waals surface area contributed by atoms with Crippen molar-refractivity contribution in [2.45, 2.75) is 29.6 Å². The maximum Gasteiger partial charge on any atom is 0.243 e. The Morgan fingerprint density at radius 1 is 1.17 bits per heavy atom. The highest BCUT2D eigenvalue weighted by Gasteiger charge is 2.63. The molecule has 2 fully saturated rings. The lowest BCUT2D eigenvalue weighted by molar-refractivity contribution is 0.0472. The van der Waals surface area contributed by atoms with Crippen molar-refractivity contribution in [3.05, 3.63) is 59.9 Å². The maximum absolute atomic E-state index is 12.9. The number of aryl methyl sites for hydroxylation is 1. The molecule has 0 bridgehead atoms. The zero-order valence-corrected chi connectivity index (χ0v) is 17.8. The Balaban J connectivity index is 1.46. The number of sulfone groups is 1. The second-order valence-electron chi connectivity index (χ2n) is 7.79. The van der Waals surface area contributed by atoms with Crippen molar-refractivity contribution in [2.24, 2.45) is 5.92 Å². The maximum atomic E-state index is 12.9. The van der Waals surface area contributed by atoms with Gasteiger partial charge in [-0.2, -0.15) is 4.31 Å². The van der Waals surface area contributed by atoms with E-state index in [-0.39, 0.29) is 36.3 Å². The van der Waals surface area contributed by atoms with E-state index < -0.39 is 24.6 Å². The molecule has 2 aliphatic rings. The van der Waals surface area contributed by atoms with E-state index in [1.54, 1.807) is 30.5 Å². The SMILES string of the molecule is Cc1ccc(S(=O)(=O)N2CC3(C2)C(COCc2ccccn2)CCS3(=O)=O)cc1. The first-order chi connectivity index (χ1) is 13.7. The lowest BCUT2D eigenvalue weighted by Crippen LogP contribution is -2.68. The number of aromatic nitrogens is 1. The minimum atomic E-state index is -3.70. The Morgan fingerprint density at radius 3 is 2.55 bits per heavy atom. The third kappa shape index (κ3) is 3.61. The van der Waals surface area contributed by atoms with Crippen LogP contribution < -0.4 is 0 Å². The number of nitrogens with zero attached hydrogens (tertiary/aromatic N) is 2. The highest BCUT2D eigenvalue weighted by Crippen LogP contribution is 2.46. The number of rotatable bonds is 6. The van der Waals surface area contributed by atoms with Crippen LogP contribution >= 0.6 is 0 Å².